The minimum atomic E-state index is -1.13. The molecule has 3 heterocycles. The van der Waals surface area contributed by atoms with E-state index in [2.05, 4.69) is 26.6 Å². The average Bonchev–Trinajstić information content (AvgIpc) is 3.35. The molecule has 3 aliphatic rings. The molecule has 7 atom stereocenters. The van der Waals surface area contributed by atoms with Gasteiger partial charge in [-0.25, -0.2) is 0 Å². The van der Waals surface area contributed by atoms with Gasteiger partial charge in [-0.05, 0) is 43.9 Å². The van der Waals surface area contributed by atoms with Crippen LogP contribution in [-0.2, 0) is 19.1 Å². The molecule has 3 saturated heterocycles. The molecule has 3 amide bonds. The fraction of sp³-hybridized carbons (Fsp3) is 0.609. The number of nitrogens with one attached hydrogen (secondary N) is 2. The standard InChI is InChI=1S/C23H30BrN3O5/c1-5-13(10-28)27-19(21(30)26-15-8-11(2)6-7-12(15)3)23-9-14(24)18(32-23)16(20(29)25-4)17(23)22(27)31/h6-8,13-14,16-19,28H,5,9-10H2,1-4H3,(H,25,29)(H,26,30)/t13-,14?,16-,17-,18-,19?,23?/m0/s1. The highest BCUT2D eigenvalue weighted by molar-refractivity contribution is 9.09. The number of ether oxygens (including phenoxy) is 1. The minimum absolute atomic E-state index is 0.154. The summed E-state index contributed by atoms with van der Waals surface area (Å²) in [5.74, 6) is -2.40. The van der Waals surface area contributed by atoms with Crippen molar-refractivity contribution in [1.82, 2.24) is 10.2 Å². The van der Waals surface area contributed by atoms with Crippen LogP contribution in [0.15, 0.2) is 18.2 Å². The van der Waals surface area contributed by atoms with E-state index in [1.807, 2.05) is 39.0 Å². The van der Waals surface area contributed by atoms with Crippen molar-refractivity contribution in [3.63, 3.8) is 0 Å². The second kappa shape index (κ2) is 8.43. The van der Waals surface area contributed by atoms with Crippen LogP contribution in [0.2, 0.25) is 0 Å². The largest absolute Gasteiger partial charge is 0.394 e. The van der Waals surface area contributed by atoms with Crippen molar-refractivity contribution in [2.45, 2.75) is 62.2 Å². The molecular weight excluding hydrogens is 478 g/mol. The molecule has 3 N–H and O–H groups in total. The third kappa shape index (κ3) is 3.28. The van der Waals surface area contributed by atoms with Crippen molar-refractivity contribution in [2.24, 2.45) is 11.8 Å². The zero-order valence-corrected chi connectivity index (χ0v) is 20.3. The first-order valence-corrected chi connectivity index (χ1v) is 12.0. The lowest BCUT2D eigenvalue weighted by molar-refractivity contribution is -0.144. The lowest BCUT2D eigenvalue weighted by Gasteiger charge is -2.36. The van der Waals surface area contributed by atoms with Crippen molar-refractivity contribution < 1.29 is 24.2 Å². The summed E-state index contributed by atoms with van der Waals surface area (Å²) in [5.41, 5.74) is 1.45. The maximum Gasteiger partial charge on any atom is 0.250 e. The quantitative estimate of drug-likeness (QED) is 0.505. The van der Waals surface area contributed by atoms with Crippen LogP contribution in [0.1, 0.15) is 30.9 Å². The first-order valence-electron chi connectivity index (χ1n) is 11.0. The number of hydrogen-bond acceptors (Lipinski definition) is 5. The Morgan fingerprint density at radius 3 is 2.69 bits per heavy atom. The first-order chi connectivity index (χ1) is 15.2. The van der Waals surface area contributed by atoms with E-state index in [0.717, 1.165) is 11.1 Å². The number of likely N-dealkylation sites (tertiary alicyclic amines) is 1. The molecule has 0 aromatic heterocycles. The third-order valence-corrected chi connectivity index (χ3v) is 8.10. The summed E-state index contributed by atoms with van der Waals surface area (Å²) >= 11 is 3.62. The van der Waals surface area contributed by atoms with Crippen LogP contribution in [0, 0.1) is 25.7 Å². The number of rotatable bonds is 6. The monoisotopic (exact) mass is 507 g/mol. The topological polar surface area (TPSA) is 108 Å². The fourth-order valence-corrected chi connectivity index (χ4v) is 6.65. The van der Waals surface area contributed by atoms with E-state index in [1.165, 1.54) is 11.9 Å². The molecule has 9 heteroatoms. The van der Waals surface area contributed by atoms with Crippen LogP contribution in [-0.4, -0.2) is 70.0 Å². The van der Waals surface area contributed by atoms with Crippen LogP contribution < -0.4 is 10.6 Å². The van der Waals surface area contributed by atoms with Gasteiger partial charge in [-0.15, -0.1) is 0 Å². The maximum absolute atomic E-state index is 13.8. The van der Waals surface area contributed by atoms with E-state index < -0.39 is 35.6 Å². The first kappa shape index (κ1) is 23.2. The molecule has 3 unspecified atom stereocenters. The van der Waals surface area contributed by atoms with Crippen molar-refractivity contribution in [2.75, 3.05) is 19.0 Å². The number of halogens is 1. The molecule has 3 fully saturated rings. The Labute approximate surface area is 196 Å². The second-order valence-corrected chi connectivity index (χ2v) is 10.3. The summed E-state index contributed by atoms with van der Waals surface area (Å²) in [6, 6.07) is 4.30. The molecule has 4 rings (SSSR count). The van der Waals surface area contributed by atoms with Gasteiger partial charge in [0.25, 0.3) is 0 Å². The summed E-state index contributed by atoms with van der Waals surface area (Å²) in [4.78, 5) is 41.6. The molecule has 1 aromatic carbocycles. The molecule has 2 bridgehead atoms. The zero-order valence-electron chi connectivity index (χ0n) is 18.7. The Kier molecular flexibility index (Phi) is 6.11. The highest BCUT2D eigenvalue weighted by atomic mass is 79.9. The van der Waals surface area contributed by atoms with E-state index in [-0.39, 0.29) is 29.2 Å². The number of hydrogen-bond donors (Lipinski definition) is 3. The third-order valence-electron chi connectivity index (χ3n) is 7.25. The zero-order chi connectivity index (χ0) is 23.4. The van der Waals surface area contributed by atoms with Gasteiger partial charge in [-0.1, -0.05) is 35.0 Å². The Hall–Kier alpha value is -1.97. The average molecular weight is 508 g/mol. The SMILES string of the molecule is CC[C@@H](CO)N1C(=O)[C@@H]2[C@H](C(=O)NC)[C@H]3OC2(CC3Br)C1C(=O)Nc1cc(C)ccc1C. The van der Waals surface area contributed by atoms with Crippen LogP contribution in [0.4, 0.5) is 5.69 Å². The van der Waals surface area contributed by atoms with Gasteiger partial charge in [-0.3, -0.25) is 14.4 Å². The van der Waals surface area contributed by atoms with Gasteiger partial charge in [0.2, 0.25) is 17.7 Å². The summed E-state index contributed by atoms with van der Waals surface area (Å²) in [7, 11) is 1.54. The Balaban J connectivity index is 1.79. The summed E-state index contributed by atoms with van der Waals surface area (Å²) in [6.07, 6.45) is 0.422. The highest BCUT2D eigenvalue weighted by Crippen LogP contribution is 2.60. The molecule has 0 aliphatic carbocycles. The lowest BCUT2D eigenvalue weighted by atomic mass is 9.70. The summed E-state index contributed by atoms with van der Waals surface area (Å²) in [5, 5.41) is 15.7. The van der Waals surface area contributed by atoms with E-state index in [1.54, 1.807) is 0 Å². The predicted octanol–water partition coefficient (Wildman–Crippen LogP) is 1.51. The molecule has 174 valence electrons. The van der Waals surface area contributed by atoms with Crippen LogP contribution >= 0.6 is 15.9 Å². The van der Waals surface area contributed by atoms with Gasteiger partial charge in [0, 0.05) is 17.6 Å². The number of benzene rings is 1. The fourth-order valence-electron chi connectivity index (χ4n) is 5.71. The predicted molar refractivity (Wildman–Crippen MR) is 122 cm³/mol. The van der Waals surface area contributed by atoms with Crippen LogP contribution in [0.5, 0.6) is 0 Å². The lowest BCUT2D eigenvalue weighted by Crippen LogP contribution is -2.56. The van der Waals surface area contributed by atoms with Crippen molar-refractivity contribution in [3.05, 3.63) is 29.3 Å². The molecule has 1 aromatic rings. The molecule has 0 radical (unpaired) electrons. The smallest absolute Gasteiger partial charge is 0.250 e. The maximum atomic E-state index is 13.8. The van der Waals surface area contributed by atoms with Gasteiger partial charge in [-0.2, -0.15) is 0 Å². The number of aryl methyl sites for hydroxylation is 2. The van der Waals surface area contributed by atoms with Crippen molar-refractivity contribution >= 4 is 39.3 Å². The molecule has 3 aliphatic heterocycles. The van der Waals surface area contributed by atoms with E-state index in [0.29, 0.717) is 18.5 Å². The molecule has 32 heavy (non-hydrogen) atoms. The number of carbonyl (C=O) groups is 3. The minimum Gasteiger partial charge on any atom is -0.394 e. The molecule has 8 nitrogen and oxygen atoms in total. The van der Waals surface area contributed by atoms with Crippen LogP contribution in [0.25, 0.3) is 0 Å². The van der Waals surface area contributed by atoms with E-state index >= 15 is 0 Å². The number of alkyl halides is 1. The van der Waals surface area contributed by atoms with Gasteiger partial charge >= 0.3 is 0 Å². The Morgan fingerprint density at radius 1 is 1.34 bits per heavy atom. The van der Waals surface area contributed by atoms with Gasteiger partial charge in [0.1, 0.15) is 11.6 Å². The second-order valence-electron chi connectivity index (χ2n) is 9.08. The number of anilines is 1. The number of fused-ring (bicyclic) bond motifs is 1. The van der Waals surface area contributed by atoms with Gasteiger partial charge in [0.15, 0.2) is 0 Å². The molecule has 0 saturated carbocycles. The van der Waals surface area contributed by atoms with E-state index in [9.17, 15) is 19.5 Å². The van der Waals surface area contributed by atoms with Crippen LogP contribution in [0.3, 0.4) is 0 Å². The summed E-state index contributed by atoms with van der Waals surface area (Å²) < 4.78 is 6.38. The number of amides is 3. The van der Waals surface area contributed by atoms with Gasteiger partial charge in [0.05, 0.1) is 30.6 Å². The summed E-state index contributed by atoms with van der Waals surface area (Å²) in [6.45, 7) is 5.44. The van der Waals surface area contributed by atoms with Crippen molar-refractivity contribution in [1.29, 1.82) is 0 Å². The Morgan fingerprint density at radius 2 is 2.06 bits per heavy atom. The number of aliphatic hydroxyl groups is 1. The number of aliphatic hydroxyl groups excluding tert-OH is 1. The molecule has 1 spiro atoms. The number of nitrogens with zero attached hydrogens (tertiary/aromatic N) is 1. The van der Waals surface area contributed by atoms with Gasteiger partial charge < -0.3 is 25.4 Å². The Bertz CT molecular complexity index is 952. The highest BCUT2D eigenvalue weighted by Gasteiger charge is 2.76. The number of carbonyl (C=O) groups excluding carboxylic acids is 3. The van der Waals surface area contributed by atoms with Crippen molar-refractivity contribution in [3.8, 4) is 0 Å². The normalized spacial score (nSPS) is 33.9. The van der Waals surface area contributed by atoms with E-state index in [4.69, 9.17) is 4.74 Å². The molecular formula is C23H30BrN3O5.